The van der Waals surface area contributed by atoms with Crippen molar-refractivity contribution in [3.63, 3.8) is 0 Å². The maximum Gasteiger partial charge on any atom is 0.268 e. The van der Waals surface area contributed by atoms with Crippen molar-refractivity contribution >= 4 is 13.7 Å². The molecule has 0 aromatic heterocycles. The van der Waals surface area contributed by atoms with E-state index in [9.17, 15) is 19.4 Å². The second kappa shape index (κ2) is 42.8. The number of carbonyl (C=O) groups excluding carboxylic acids is 1. The zero-order chi connectivity index (χ0) is 43.6. The summed E-state index contributed by atoms with van der Waals surface area (Å²) < 4.78 is 23.4. The fraction of sp³-hybridized carbons (Fsp3) is 0.980. The molecule has 0 aliphatic carbocycles. The third-order valence-corrected chi connectivity index (χ3v) is 13.1. The molecule has 0 heterocycles. The quantitative estimate of drug-likeness (QED) is 0.0358. The van der Waals surface area contributed by atoms with Crippen LogP contribution in [0.25, 0.3) is 0 Å². The van der Waals surface area contributed by atoms with Crippen LogP contribution >= 0.6 is 7.82 Å². The highest BCUT2D eigenvalue weighted by molar-refractivity contribution is 7.45. The van der Waals surface area contributed by atoms with Crippen LogP contribution in [0, 0.1) is 0 Å². The van der Waals surface area contributed by atoms with Crippen LogP contribution < -0.4 is 10.2 Å². The highest BCUT2D eigenvalue weighted by atomic mass is 31.2. The highest BCUT2D eigenvalue weighted by Gasteiger charge is 2.24. The first kappa shape index (κ1) is 58.5. The van der Waals surface area contributed by atoms with Gasteiger partial charge in [-0.1, -0.05) is 245 Å². The van der Waals surface area contributed by atoms with E-state index in [0.29, 0.717) is 23.9 Å². The Balaban J connectivity index is 4.19. The molecule has 3 unspecified atom stereocenters. The number of likely N-dealkylation sites (N-methyl/N-ethyl adjacent to an activating group) is 1. The molecular weight excluding hydrogens is 756 g/mol. The van der Waals surface area contributed by atoms with Crippen molar-refractivity contribution < 1.29 is 32.9 Å². The van der Waals surface area contributed by atoms with Crippen LogP contribution in [0.2, 0.25) is 0 Å². The number of aliphatic hydroxyl groups excluding tert-OH is 1. The summed E-state index contributed by atoms with van der Waals surface area (Å²) in [5.41, 5.74) is 0. The van der Waals surface area contributed by atoms with Gasteiger partial charge in [-0.3, -0.25) is 9.36 Å². The summed E-state index contributed by atoms with van der Waals surface area (Å²) in [4.78, 5) is 25.4. The molecule has 9 heteroatoms. The fourth-order valence-electron chi connectivity index (χ4n) is 7.98. The van der Waals surface area contributed by atoms with E-state index in [1.165, 1.54) is 199 Å². The Labute approximate surface area is 368 Å². The van der Waals surface area contributed by atoms with Gasteiger partial charge >= 0.3 is 0 Å². The molecule has 0 aromatic rings. The molecule has 0 fully saturated rings. The van der Waals surface area contributed by atoms with Crippen LogP contribution in [0.15, 0.2) is 0 Å². The van der Waals surface area contributed by atoms with E-state index in [1.807, 2.05) is 21.1 Å². The molecule has 0 radical (unpaired) electrons. The molecule has 2 N–H and O–H groups in total. The third kappa shape index (κ3) is 45.3. The van der Waals surface area contributed by atoms with Crippen molar-refractivity contribution in [3.05, 3.63) is 0 Å². The first-order chi connectivity index (χ1) is 28.5. The van der Waals surface area contributed by atoms with Crippen molar-refractivity contribution in [1.82, 2.24) is 5.32 Å². The van der Waals surface area contributed by atoms with E-state index in [2.05, 4.69) is 19.2 Å². The summed E-state index contributed by atoms with van der Waals surface area (Å²) in [6.07, 6.45) is 48.3. The minimum Gasteiger partial charge on any atom is -0.756 e. The lowest BCUT2D eigenvalue weighted by atomic mass is 10.0. The van der Waals surface area contributed by atoms with Crippen LogP contribution in [0.5, 0.6) is 0 Å². The number of hydrogen-bond donors (Lipinski definition) is 2. The van der Waals surface area contributed by atoms with Crippen LogP contribution in [-0.4, -0.2) is 68.5 Å². The molecule has 0 rings (SSSR count). The average molecular weight is 859 g/mol. The van der Waals surface area contributed by atoms with Gasteiger partial charge in [0, 0.05) is 6.42 Å². The largest absolute Gasteiger partial charge is 0.756 e. The molecule has 3 atom stereocenters. The summed E-state index contributed by atoms with van der Waals surface area (Å²) in [5.74, 6) is -0.159. The number of nitrogens with one attached hydrogen (secondary N) is 1. The minimum atomic E-state index is -4.56. The molecule has 59 heavy (non-hydrogen) atoms. The predicted molar refractivity (Wildman–Crippen MR) is 252 cm³/mol. The summed E-state index contributed by atoms with van der Waals surface area (Å²) in [7, 11) is 1.32. The Morgan fingerprint density at radius 1 is 0.525 bits per heavy atom. The number of phosphoric acid groups is 1. The Kier molecular flexibility index (Phi) is 42.4. The maximum absolute atomic E-state index is 12.9. The fourth-order valence-corrected chi connectivity index (χ4v) is 8.71. The van der Waals surface area contributed by atoms with Gasteiger partial charge in [0.25, 0.3) is 7.82 Å². The first-order valence-electron chi connectivity index (χ1n) is 25.9. The number of unbranched alkanes of at least 4 members (excludes halogenated alkanes) is 35. The Morgan fingerprint density at radius 2 is 0.831 bits per heavy atom. The number of amides is 1. The van der Waals surface area contributed by atoms with Crippen molar-refractivity contribution in [2.45, 2.75) is 276 Å². The molecule has 0 aromatic carbocycles. The smallest absolute Gasteiger partial charge is 0.268 e. The number of hydrogen-bond acceptors (Lipinski definition) is 6. The van der Waals surface area contributed by atoms with Crippen molar-refractivity contribution in [3.8, 4) is 0 Å². The van der Waals surface area contributed by atoms with Crippen molar-refractivity contribution in [1.29, 1.82) is 0 Å². The molecule has 1 amide bonds. The summed E-state index contributed by atoms with van der Waals surface area (Å²) in [6.45, 7) is 4.76. The van der Waals surface area contributed by atoms with Crippen LogP contribution in [0.3, 0.4) is 0 Å². The van der Waals surface area contributed by atoms with Crippen LogP contribution in [-0.2, 0) is 18.4 Å². The van der Waals surface area contributed by atoms with Crippen molar-refractivity contribution in [2.24, 2.45) is 0 Å². The van der Waals surface area contributed by atoms with Gasteiger partial charge in [0.05, 0.1) is 39.9 Å². The first-order valence-corrected chi connectivity index (χ1v) is 27.3. The van der Waals surface area contributed by atoms with E-state index in [4.69, 9.17) is 9.05 Å². The molecule has 0 aliphatic rings. The van der Waals surface area contributed by atoms with Crippen molar-refractivity contribution in [2.75, 3.05) is 40.9 Å². The number of quaternary nitrogens is 1. The molecule has 0 saturated carbocycles. The zero-order valence-electron chi connectivity index (χ0n) is 40.2. The van der Waals surface area contributed by atoms with Gasteiger partial charge in [0.2, 0.25) is 5.91 Å². The van der Waals surface area contributed by atoms with Gasteiger partial charge in [0.1, 0.15) is 13.2 Å². The molecule has 354 valence electrons. The number of aliphatic hydroxyl groups is 1. The molecular formula is C50H103N2O6P. The molecule has 8 nitrogen and oxygen atoms in total. The Hall–Kier alpha value is -0.500. The van der Waals surface area contributed by atoms with Gasteiger partial charge in [0.15, 0.2) is 0 Å². The van der Waals surface area contributed by atoms with Gasteiger partial charge in [-0.2, -0.15) is 0 Å². The molecule has 0 saturated heterocycles. The molecule has 0 aliphatic heterocycles. The van der Waals surface area contributed by atoms with E-state index in [1.54, 1.807) is 0 Å². The average Bonchev–Trinajstić information content (AvgIpc) is 3.19. The van der Waals surface area contributed by atoms with E-state index in [-0.39, 0.29) is 19.1 Å². The number of nitrogens with zero attached hydrogens (tertiary/aromatic N) is 1. The Bertz CT molecular complexity index is 932. The van der Waals surface area contributed by atoms with Crippen LogP contribution in [0.1, 0.15) is 264 Å². The van der Waals surface area contributed by atoms with E-state index >= 15 is 0 Å². The summed E-state index contributed by atoms with van der Waals surface area (Å²) in [6, 6.07) is -0.794. The topological polar surface area (TPSA) is 108 Å². The summed E-state index contributed by atoms with van der Waals surface area (Å²) >= 11 is 0. The number of rotatable bonds is 48. The van der Waals surface area contributed by atoms with Gasteiger partial charge in [-0.25, -0.2) is 0 Å². The lowest BCUT2D eigenvalue weighted by Gasteiger charge is -2.30. The van der Waals surface area contributed by atoms with E-state index in [0.717, 1.165) is 38.5 Å². The van der Waals surface area contributed by atoms with E-state index < -0.39 is 20.0 Å². The number of phosphoric ester groups is 1. The van der Waals surface area contributed by atoms with Gasteiger partial charge in [-0.15, -0.1) is 0 Å². The minimum absolute atomic E-state index is 0.0164. The third-order valence-electron chi connectivity index (χ3n) is 12.1. The van der Waals surface area contributed by atoms with Crippen LogP contribution in [0.4, 0.5) is 0 Å². The SMILES string of the molecule is CCCCCCCCCCCCCCCCCCCCCCCCC(O)C(COP(=O)([O-])OCC[N+](C)(C)C)NC(=O)CCCCCCCCCCCCCCCCC. The second-order valence-corrected chi connectivity index (χ2v) is 20.7. The van der Waals surface area contributed by atoms with Gasteiger partial charge in [-0.05, 0) is 12.8 Å². The maximum atomic E-state index is 12.9. The Morgan fingerprint density at radius 3 is 1.15 bits per heavy atom. The highest BCUT2D eigenvalue weighted by Crippen LogP contribution is 2.38. The lowest BCUT2D eigenvalue weighted by Crippen LogP contribution is -2.46. The normalized spacial score (nSPS) is 14.1. The second-order valence-electron chi connectivity index (χ2n) is 19.2. The summed E-state index contributed by atoms with van der Waals surface area (Å²) in [5, 5.41) is 14.0. The molecule has 0 spiro atoms. The standard InChI is InChI=1S/C50H103N2O6P/c1-6-8-10-12-14-16-18-20-22-23-24-25-26-27-28-30-31-33-35-37-39-41-43-49(53)48(47-58-59(55,56)57-46-45-52(3,4)5)51-50(54)44-42-40-38-36-34-32-29-21-19-17-15-13-11-9-7-2/h48-49,53H,6-47H2,1-5H3,(H-,51,54,55,56). The predicted octanol–water partition coefficient (Wildman–Crippen LogP) is 14.3. The lowest BCUT2D eigenvalue weighted by molar-refractivity contribution is -0.870. The molecule has 0 bridgehead atoms. The van der Waals surface area contributed by atoms with Gasteiger partial charge < -0.3 is 28.8 Å². The zero-order valence-corrected chi connectivity index (χ0v) is 41.1. The monoisotopic (exact) mass is 859 g/mol. The number of carbonyl (C=O) groups is 1.